The largest absolute Gasteiger partial charge is 0.208 e. The van der Waals surface area contributed by atoms with E-state index in [2.05, 4.69) is 176 Å². The zero-order chi connectivity index (χ0) is 33.1. The molecule has 0 saturated carbocycles. The van der Waals surface area contributed by atoms with E-state index < -0.39 is 5.41 Å². The number of thiophene rings is 1. The zero-order valence-corrected chi connectivity index (χ0v) is 27.8. The maximum Gasteiger partial charge on any atom is 0.174 e. The van der Waals surface area contributed by atoms with Crippen LogP contribution in [0.15, 0.2) is 176 Å². The number of aromatic nitrogens is 3. The normalized spacial score (nSPS) is 13.0. The minimum atomic E-state index is -0.507. The van der Waals surface area contributed by atoms with Crippen LogP contribution in [0.3, 0.4) is 0 Å². The molecule has 3 nitrogen and oxygen atoms in total. The summed E-state index contributed by atoms with van der Waals surface area (Å²) in [6, 6.07) is 62.9. The molecule has 0 saturated heterocycles. The van der Waals surface area contributed by atoms with E-state index in [0.717, 1.165) is 21.4 Å². The van der Waals surface area contributed by atoms with Crippen molar-refractivity contribution >= 4 is 32.2 Å². The standard InChI is InChI=1S/C46H29N3S/c1-2-17-35(18-3-1)46(39-22-9-7-20-37(39)38-21-8-10-23-40(38)46)36-19-12-16-33(28-36)43-47-44(34-26-25-30-13-4-5-14-31(30)27-34)49-45(48-43)42-29-32-15-6-11-24-41(32)50-42/h1-29H. The molecule has 0 fully saturated rings. The van der Waals surface area contributed by atoms with Gasteiger partial charge in [-0.25, -0.2) is 15.0 Å². The molecule has 50 heavy (non-hydrogen) atoms. The van der Waals surface area contributed by atoms with E-state index in [1.54, 1.807) is 11.3 Å². The lowest BCUT2D eigenvalue weighted by molar-refractivity contribution is 0.768. The average Bonchev–Trinajstić information content (AvgIpc) is 3.76. The van der Waals surface area contributed by atoms with Crippen LogP contribution in [0.25, 0.3) is 65.5 Å². The fourth-order valence-electron chi connectivity index (χ4n) is 7.77. The van der Waals surface area contributed by atoms with Gasteiger partial charge in [0.05, 0.1) is 10.3 Å². The number of hydrogen-bond acceptors (Lipinski definition) is 4. The SMILES string of the molecule is c1ccc(C2(c3cccc(-c4nc(-c5ccc6ccccc6c5)nc(-c5cc6ccccc6s5)n4)c3)c3ccccc3-c3ccccc32)cc1. The molecule has 1 aliphatic rings. The fourth-order valence-corrected chi connectivity index (χ4v) is 8.77. The molecular formula is C46H29N3S. The summed E-state index contributed by atoms with van der Waals surface area (Å²) in [6.07, 6.45) is 0. The molecule has 0 atom stereocenters. The lowest BCUT2D eigenvalue weighted by Crippen LogP contribution is -2.28. The molecule has 10 rings (SSSR count). The Bertz CT molecular complexity index is 2650. The summed E-state index contributed by atoms with van der Waals surface area (Å²) in [5.41, 5.74) is 8.91. The Labute approximate surface area is 294 Å². The number of rotatable bonds is 5. The molecule has 9 aromatic rings. The van der Waals surface area contributed by atoms with Gasteiger partial charge in [0.15, 0.2) is 17.5 Å². The Kier molecular flexibility index (Phi) is 6.58. The van der Waals surface area contributed by atoms with Crippen molar-refractivity contribution in [3.63, 3.8) is 0 Å². The van der Waals surface area contributed by atoms with Crippen molar-refractivity contribution in [2.75, 3.05) is 0 Å². The third-order valence-electron chi connectivity index (χ3n) is 10.0. The van der Waals surface area contributed by atoms with Crippen LogP contribution in [0.4, 0.5) is 0 Å². The van der Waals surface area contributed by atoms with Crippen molar-refractivity contribution in [2.45, 2.75) is 5.41 Å². The average molecular weight is 656 g/mol. The summed E-state index contributed by atoms with van der Waals surface area (Å²) in [5, 5.41) is 3.53. The smallest absolute Gasteiger partial charge is 0.174 e. The molecule has 2 aromatic heterocycles. The maximum atomic E-state index is 5.20. The minimum absolute atomic E-state index is 0.507. The highest BCUT2D eigenvalue weighted by Crippen LogP contribution is 2.56. The van der Waals surface area contributed by atoms with Gasteiger partial charge in [-0.3, -0.25) is 0 Å². The molecule has 0 bridgehead atoms. The zero-order valence-electron chi connectivity index (χ0n) is 27.0. The molecule has 0 radical (unpaired) electrons. The number of fused-ring (bicyclic) bond motifs is 5. The second-order valence-corrected chi connectivity index (χ2v) is 13.9. The molecule has 7 aromatic carbocycles. The van der Waals surface area contributed by atoms with Crippen molar-refractivity contribution in [3.05, 3.63) is 198 Å². The summed E-state index contributed by atoms with van der Waals surface area (Å²) in [7, 11) is 0. The van der Waals surface area contributed by atoms with Crippen LogP contribution in [0.5, 0.6) is 0 Å². The summed E-state index contributed by atoms with van der Waals surface area (Å²) >= 11 is 1.71. The number of nitrogens with zero attached hydrogens (tertiary/aromatic N) is 3. The van der Waals surface area contributed by atoms with Crippen molar-refractivity contribution in [1.82, 2.24) is 15.0 Å². The molecule has 1 aliphatic carbocycles. The molecule has 0 amide bonds. The summed E-state index contributed by atoms with van der Waals surface area (Å²) in [5.74, 6) is 1.99. The molecule has 2 heterocycles. The quantitative estimate of drug-likeness (QED) is 0.185. The van der Waals surface area contributed by atoms with E-state index in [1.165, 1.54) is 48.9 Å². The van der Waals surface area contributed by atoms with Crippen LogP contribution in [0, 0.1) is 0 Å². The third kappa shape index (κ3) is 4.46. The van der Waals surface area contributed by atoms with Crippen molar-refractivity contribution in [3.8, 4) is 44.6 Å². The van der Waals surface area contributed by atoms with Gasteiger partial charge in [-0.05, 0) is 73.8 Å². The molecule has 0 unspecified atom stereocenters. The molecule has 234 valence electrons. The Hall–Kier alpha value is -6.23. The fraction of sp³-hybridized carbons (Fsp3) is 0.0217. The van der Waals surface area contributed by atoms with E-state index >= 15 is 0 Å². The van der Waals surface area contributed by atoms with Crippen LogP contribution < -0.4 is 0 Å². The predicted octanol–water partition coefficient (Wildman–Crippen LogP) is 11.6. The van der Waals surface area contributed by atoms with Gasteiger partial charge in [-0.1, -0.05) is 152 Å². The molecule has 4 heteroatoms. The first-order chi connectivity index (χ1) is 24.8. The third-order valence-corrected chi connectivity index (χ3v) is 11.1. The van der Waals surface area contributed by atoms with Crippen LogP contribution in [-0.2, 0) is 5.41 Å². The van der Waals surface area contributed by atoms with Gasteiger partial charge in [-0.15, -0.1) is 11.3 Å². The first-order valence-electron chi connectivity index (χ1n) is 16.9. The molecule has 0 spiro atoms. The van der Waals surface area contributed by atoms with Gasteiger partial charge >= 0.3 is 0 Å². The first-order valence-corrected chi connectivity index (χ1v) is 17.7. The Morgan fingerprint density at radius 2 is 0.960 bits per heavy atom. The van der Waals surface area contributed by atoms with E-state index in [4.69, 9.17) is 15.0 Å². The van der Waals surface area contributed by atoms with Crippen LogP contribution >= 0.6 is 11.3 Å². The topological polar surface area (TPSA) is 38.7 Å². The first kappa shape index (κ1) is 28.8. The highest BCUT2D eigenvalue weighted by molar-refractivity contribution is 7.22. The van der Waals surface area contributed by atoms with E-state index in [9.17, 15) is 0 Å². The van der Waals surface area contributed by atoms with E-state index in [1.807, 2.05) is 0 Å². The maximum absolute atomic E-state index is 5.20. The second-order valence-electron chi connectivity index (χ2n) is 12.8. The van der Waals surface area contributed by atoms with Gasteiger partial charge in [0.2, 0.25) is 0 Å². The lowest BCUT2D eigenvalue weighted by atomic mass is 9.67. The Morgan fingerprint density at radius 3 is 1.70 bits per heavy atom. The summed E-state index contributed by atoms with van der Waals surface area (Å²) in [6.45, 7) is 0. The molecule has 0 aliphatic heterocycles. The van der Waals surface area contributed by atoms with Crippen molar-refractivity contribution < 1.29 is 0 Å². The van der Waals surface area contributed by atoms with E-state index in [-0.39, 0.29) is 0 Å². The number of benzene rings is 7. The lowest BCUT2D eigenvalue weighted by Gasteiger charge is -2.34. The Morgan fingerprint density at radius 1 is 0.380 bits per heavy atom. The second kappa shape index (κ2) is 11.4. The Balaban J connectivity index is 1.21. The molecular weight excluding hydrogens is 627 g/mol. The van der Waals surface area contributed by atoms with Gasteiger partial charge in [-0.2, -0.15) is 0 Å². The monoisotopic (exact) mass is 655 g/mol. The van der Waals surface area contributed by atoms with Gasteiger partial charge in [0.25, 0.3) is 0 Å². The van der Waals surface area contributed by atoms with Gasteiger partial charge in [0, 0.05) is 15.8 Å². The van der Waals surface area contributed by atoms with Crippen LogP contribution in [0.1, 0.15) is 22.3 Å². The van der Waals surface area contributed by atoms with Crippen molar-refractivity contribution in [1.29, 1.82) is 0 Å². The highest BCUT2D eigenvalue weighted by atomic mass is 32.1. The van der Waals surface area contributed by atoms with Crippen molar-refractivity contribution in [2.24, 2.45) is 0 Å². The number of hydrogen-bond donors (Lipinski definition) is 0. The van der Waals surface area contributed by atoms with Gasteiger partial charge < -0.3 is 0 Å². The van der Waals surface area contributed by atoms with Crippen LogP contribution in [-0.4, -0.2) is 15.0 Å². The summed E-state index contributed by atoms with van der Waals surface area (Å²) in [4.78, 5) is 16.5. The molecule has 0 N–H and O–H groups in total. The minimum Gasteiger partial charge on any atom is -0.208 e. The predicted molar refractivity (Wildman–Crippen MR) is 206 cm³/mol. The van der Waals surface area contributed by atoms with Crippen LogP contribution in [0.2, 0.25) is 0 Å². The highest BCUT2D eigenvalue weighted by Gasteiger charge is 2.45. The summed E-state index contributed by atoms with van der Waals surface area (Å²) < 4.78 is 1.21. The van der Waals surface area contributed by atoms with Gasteiger partial charge in [0.1, 0.15) is 0 Å². The van der Waals surface area contributed by atoms with E-state index in [0.29, 0.717) is 17.5 Å².